The van der Waals surface area contributed by atoms with Crippen LogP contribution in [-0.4, -0.2) is 47.3 Å². The highest BCUT2D eigenvalue weighted by Gasteiger charge is 2.39. The molecule has 0 spiro atoms. The third-order valence-corrected chi connectivity index (χ3v) is 2.48. The molecule has 0 aliphatic carbocycles. The van der Waals surface area contributed by atoms with Crippen molar-refractivity contribution in [3.8, 4) is 0 Å². The van der Waals surface area contributed by atoms with Gasteiger partial charge >= 0.3 is 12.1 Å². The quantitative estimate of drug-likeness (QED) is 0.744. The summed E-state index contributed by atoms with van der Waals surface area (Å²) in [6, 6.07) is -1.16. The molecule has 1 heterocycles. The maximum absolute atomic E-state index is 11.7. The van der Waals surface area contributed by atoms with Gasteiger partial charge in [0.25, 0.3) is 0 Å². The van der Waals surface area contributed by atoms with E-state index in [0.717, 1.165) is 0 Å². The molecule has 17 heavy (non-hydrogen) atoms. The maximum Gasteiger partial charge on any atom is 0.410 e. The molecule has 6 heteroatoms. The van der Waals surface area contributed by atoms with Gasteiger partial charge in [-0.2, -0.15) is 0 Å². The average Bonchev–Trinajstić information content (AvgIpc) is 2.55. The molecule has 1 saturated heterocycles. The number of aliphatic carboxylic acids is 1. The molecule has 1 rings (SSSR count). The highest BCUT2D eigenvalue weighted by molar-refractivity contribution is 5.81. The second-order valence-corrected chi connectivity index (χ2v) is 5.62. The molecule has 2 atom stereocenters. The lowest BCUT2D eigenvalue weighted by atomic mass is 9.99. The van der Waals surface area contributed by atoms with Crippen LogP contribution in [0.1, 0.15) is 27.2 Å². The molecule has 1 amide bonds. The topological polar surface area (TPSA) is 92.9 Å². The number of nitrogens with two attached hydrogens (primary N) is 1. The van der Waals surface area contributed by atoms with Gasteiger partial charge in [-0.15, -0.1) is 0 Å². The number of carboxylic acids is 1. The molecule has 0 radical (unpaired) electrons. The first-order chi connectivity index (χ1) is 7.70. The lowest BCUT2D eigenvalue weighted by molar-refractivity contribution is -0.141. The smallest absolute Gasteiger partial charge is 0.410 e. The Morgan fingerprint density at radius 2 is 2.06 bits per heavy atom. The van der Waals surface area contributed by atoms with E-state index in [9.17, 15) is 9.59 Å². The van der Waals surface area contributed by atoms with Crippen LogP contribution in [0.25, 0.3) is 0 Å². The number of ether oxygens (including phenoxy) is 1. The number of carboxylic acid groups (broad SMARTS) is 1. The standard InChI is InChI=1S/C11H20N2O4/c1-11(2,3)6-17-10(16)13-5-7(12)4-8(13)9(14)15/h7-8H,4-6,12H2,1-3H3,(H,14,15). The molecule has 98 valence electrons. The van der Waals surface area contributed by atoms with Crippen molar-refractivity contribution in [2.75, 3.05) is 13.2 Å². The van der Waals surface area contributed by atoms with Gasteiger partial charge in [0.1, 0.15) is 6.04 Å². The van der Waals surface area contributed by atoms with Crippen molar-refractivity contribution >= 4 is 12.1 Å². The minimum Gasteiger partial charge on any atom is -0.480 e. The second kappa shape index (κ2) is 4.91. The minimum absolute atomic E-state index is 0.143. The molecule has 0 saturated carbocycles. The van der Waals surface area contributed by atoms with E-state index in [1.807, 2.05) is 20.8 Å². The van der Waals surface area contributed by atoms with Crippen molar-refractivity contribution in [3.05, 3.63) is 0 Å². The van der Waals surface area contributed by atoms with Gasteiger partial charge in [-0.25, -0.2) is 9.59 Å². The predicted molar refractivity (Wildman–Crippen MR) is 61.5 cm³/mol. The molecule has 0 aromatic carbocycles. The molecule has 1 aliphatic rings. The molecule has 1 aliphatic heterocycles. The summed E-state index contributed by atoms with van der Waals surface area (Å²) < 4.78 is 5.09. The highest BCUT2D eigenvalue weighted by Crippen LogP contribution is 2.20. The second-order valence-electron chi connectivity index (χ2n) is 5.62. The van der Waals surface area contributed by atoms with Crippen LogP contribution in [0.2, 0.25) is 0 Å². The number of nitrogens with zero attached hydrogens (tertiary/aromatic N) is 1. The van der Waals surface area contributed by atoms with Crippen LogP contribution >= 0.6 is 0 Å². The van der Waals surface area contributed by atoms with Crippen molar-refractivity contribution in [1.29, 1.82) is 0 Å². The Balaban J connectivity index is 2.59. The summed E-state index contributed by atoms with van der Waals surface area (Å²) in [5, 5.41) is 8.97. The van der Waals surface area contributed by atoms with Crippen LogP contribution in [0.5, 0.6) is 0 Å². The Morgan fingerprint density at radius 3 is 2.53 bits per heavy atom. The molecule has 1 fully saturated rings. The summed E-state index contributed by atoms with van der Waals surface area (Å²) in [6.45, 7) is 6.30. The molecule has 0 aromatic heterocycles. The predicted octanol–water partition coefficient (Wildman–Crippen LogP) is 0.655. The zero-order chi connectivity index (χ0) is 13.2. The fourth-order valence-electron chi connectivity index (χ4n) is 1.67. The largest absolute Gasteiger partial charge is 0.480 e. The molecular weight excluding hydrogens is 224 g/mol. The van der Waals surface area contributed by atoms with Crippen molar-refractivity contribution < 1.29 is 19.4 Å². The first-order valence-electron chi connectivity index (χ1n) is 5.62. The van der Waals surface area contributed by atoms with Gasteiger partial charge in [-0.05, 0) is 11.8 Å². The highest BCUT2D eigenvalue weighted by atomic mass is 16.6. The van der Waals surface area contributed by atoms with Crippen molar-refractivity contribution in [2.45, 2.75) is 39.3 Å². The monoisotopic (exact) mass is 244 g/mol. The fourth-order valence-corrected chi connectivity index (χ4v) is 1.67. The Kier molecular flexibility index (Phi) is 3.98. The van der Waals surface area contributed by atoms with E-state index in [-0.39, 0.29) is 31.0 Å². The summed E-state index contributed by atoms with van der Waals surface area (Å²) in [4.78, 5) is 23.9. The Hall–Kier alpha value is -1.30. The van der Waals surface area contributed by atoms with E-state index < -0.39 is 18.1 Å². The lowest BCUT2D eigenvalue weighted by Crippen LogP contribution is -2.41. The maximum atomic E-state index is 11.7. The summed E-state index contributed by atoms with van der Waals surface area (Å²) >= 11 is 0. The SMILES string of the molecule is CC(C)(C)COC(=O)N1CC(N)CC1C(=O)O. The van der Waals surface area contributed by atoms with Gasteiger partial charge in [-0.1, -0.05) is 20.8 Å². The van der Waals surface area contributed by atoms with Crippen LogP contribution in [0.4, 0.5) is 4.79 Å². The van der Waals surface area contributed by atoms with Crippen molar-refractivity contribution in [3.63, 3.8) is 0 Å². The number of hydrogen-bond donors (Lipinski definition) is 2. The minimum atomic E-state index is -1.04. The van der Waals surface area contributed by atoms with Gasteiger partial charge < -0.3 is 15.6 Å². The van der Waals surface area contributed by atoms with E-state index >= 15 is 0 Å². The summed E-state index contributed by atoms with van der Waals surface area (Å²) in [7, 11) is 0. The van der Waals surface area contributed by atoms with Gasteiger partial charge in [0.2, 0.25) is 0 Å². The third kappa shape index (κ3) is 3.89. The molecule has 6 nitrogen and oxygen atoms in total. The molecular formula is C11H20N2O4. The lowest BCUT2D eigenvalue weighted by Gasteiger charge is -2.24. The summed E-state index contributed by atoms with van der Waals surface area (Å²) in [5.74, 6) is -1.04. The van der Waals surface area contributed by atoms with Crippen LogP contribution in [0, 0.1) is 5.41 Å². The summed E-state index contributed by atoms with van der Waals surface area (Å²) in [5.41, 5.74) is 5.52. The Bertz CT molecular complexity index is 311. The molecule has 2 unspecified atom stereocenters. The van der Waals surface area contributed by atoms with Crippen LogP contribution in [0.15, 0.2) is 0 Å². The Morgan fingerprint density at radius 1 is 1.47 bits per heavy atom. The van der Waals surface area contributed by atoms with E-state index in [4.69, 9.17) is 15.6 Å². The van der Waals surface area contributed by atoms with E-state index in [1.54, 1.807) is 0 Å². The number of rotatable bonds is 2. The van der Waals surface area contributed by atoms with Gasteiger partial charge in [0.15, 0.2) is 0 Å². The molecule has 0 bridgehead atoms. The van der Waals surface area contributed by atoms with E-state index in [0.29, 0.717) is 0 Å². The van der Waals surface area contributed by atoms with Crippen LogP contribution in [-0.2, 0) is 9.53 Å². The summed E-state index contributed by atoms with van der Waals surface area (Å²) in [6.07, 6.45) is -0.319. The number of carbonyl (C=O) groups is 2. The zero-order valence-corrected chi connectivity index (χ0v) is 10.5. The number of likely N-dealkylation sites (tertiary alicyclic amines) is 1. The fraction of sp³-hybridized carbons (Fsp3) is 0.818. The van der Waals surface area contributed by atoms with Crippen molar-refractivity contribution in [2.24, 2.45) is 11.1 Å². The van der Waals surface area contributed by atoms with Gasteiger partial charge in [0.05, 0.1) is 6.61 Å². The third-order valence-electron chi connectivity index (χ3n) is 2.48. The van der Waals surface area contributed by atoms with Gasteiger partial charge in [0, 0.05) is 12.6 Å². The van der Waals surface area contributed by atoms with Crippen LogP contribution < -0.4 is 5.73 Å². The normalized spacial score (nSPS) is 24.8. The Labute approximate surface area is 101 Å². The zero-order valence-electron chi connectivity index (χ0n) is 10.5. The van der Waals surface area contributed by atoms with Crippen LogP contribution in [0.3, 0.4) is 0 Å². The molecule has 0 aromatic rings. The number of amides is 1. The number of carbonyl (C=O) groups excluding carboxylic acids is 1. The first-order valence-corrected chi connectivity index (χ1v) is 5.62. The average molecular weight is 244 g/mol. The van der Waals surface area contributed by atoms with E-state index in [2.05, 4.69) is 0 Å². The van der Waals surface area contributed by atoms with Gasteiger partial charge in [-0.3, -0.25) is 4.90 Å². The number of hydrogen-bond acceptors (Lipinski definition) is 4. The first kappa shape index (κ1) is 13.8. The van der Waals surface area contributed by atoms with Crippen molar-refractivity contribution in [1.82, 2.24) is 4.90 Å². The van der Waals surface area contributed by atoms with E-state index in [1.165, 1.54) is 4.90 Å². The molecule has 3 N–H and O–H groups in total.